The molecule has 5 heteroatoms. The molecule has 1 fully saturated rings. The lowest BCUT2D eigenvalue weighted by Crippen LogP contribution is -2.36. The molecule has 0 N–H and O–H groups in total. The highest BCUT2D eigenvalue weighted by Crippen LogP contribution is 2.23. The Bertz CT molecular complexity index is 746. The van der Waals surface area contributed by atoms with Crippen molar-refractivity contribution in [1.82, 2.24) is 9.80 Å². The van der Waals surface area contributed by atoms with Crippen LogP contribution in [-0.4, -0.2) is 47.8 Å². The minimum atomic E-state index is 0.0509. The van der Waals surface area contributed by atoms with Gasteiger partial charge in [-0.25, -0.2) is 0 Å². The Kier molecular flexibility index (Phi) is 6.34. The van der Waals surface area contributed by atoms with Gasteiger partial charge in [0.2, 0.25) is 5.91 Å². The van der Waals surface area contributed by atoms with E-state index in [2.05, 4.69) is 12.1 Å². The number of amides is 2. The van der Waals surface area contributed by atoms with E-state index < -0.39 is 0 Å². The third kappa shape index (κ3) is 4.88. The summed E-state index contributed by atoms with van der Waals surface area (Å²) in [5, 5.41) is 0. The Morgan fingerprint density at radius 2 is 1.54 bits per heavy atom. The van der Waals surface area contributed by atoms with Crippen LogP contribution >= 0.6 is 11.8 Å². The minimum Gasteiger partial charge on any atom is -0.341 e. The number of hydrogen-bond acceptors (Lipinski definition) is 3. The first-order valence-corrected chi connectivity index (χ1v) is 9.93. The van der Waals surface area contributed by atoms with Gasteiger partial charge in [-0.2, -0.15) is 0 Å². The van der Waals surface area contributed by atoms with Gasteiger partial charge in [0, 0.05) is 49.3 Å². The van der Waals surface area contributed by atoms with Crippen LogP contribution in [0, 0.1) is 0 Å². The largest absolute Gasteiger partial charge is 0.341 e. The molecule has 0 aliphatic carbocycles. The molecular weight excluding hydrogens is 344 g/mol. The van der Waals surface area contributed by atoms with Crippen LogP contribution in [0.15, 0.2) is 59.5 Å². The molecule has 0 unspecified atom stereocenters. The van der Waals surface area contributed by atoms with Crippen LogP contribution in [0.25, 0.3) is 0 Å². The molecule has 2 aromatic carbocycles. The number of benzene rings is 2. The van der Waals surface area contributed by atoms with Crippen LogP contribution in [0.3, 0.4) is 0 Å². The molecule has 1 aliphatic rings. The van der Waals surface area contributed by atoms with Crippen molar-refractivity contribution in [3.63, 3.8) is 0 Å². The third-order valence-corrected chi connectivity index (χ3v) is 5.66. The second-order valence-corrected chi connectivity index (χ2v) is 7.50. The summed E-state index contributed by atoms with van der Waals surface area (Å²) in [7, 11) is 0. The average Bonchev–Trinajstić information content (AvgIpc) is 2.93. The van der Waals surface area contributed by atoms with Crippen molar-refractivity contribution < 1.29 is 9.59 Å². The summed E-state index contributed by atoms with van der Waals surface area (Å²) < 4.78 is 0. The fraction of sp³-hybridized carbons (Fsp3) is 0.333. The van der Waals surface area contributed by atoms with Gasteiger partial charge in [-0.05, 0) is 36.2 Å². The van der Waals surface area contributed by atoms with Crippen LogP contribution < -0.4 is 0 Å². The molecule has 136 valence electrons. The molecule has 0 radical (unpaired) electrons. The van der Waals surface area contributed by atoms with E-state index in [1.807, 2.05) is 52.3 Å². The number of rotatable bonds is 4. The monoisotopic (exact) mass is 368 g/mol. The van der Waals surface area contributed by atoms with E-state index in [0.717, 1.165) is 23.6 Å². The Balaban J connectivity index is 1.57. The molecule has 2 aromatic rings. The van der Waals surface area contributed by atoms with Gasteiger partial charge < -0.3 is 9.80 Å². The quantitative estimate of drug-likeness (QED) is 0.773. The van der Waals surface area contributed by atoms with E-state index in [9.17, 15) is 9.59 Å². The highest BCUT2D eigenvalue weighted by atomic mass is 32.2. The van der Waals surface area contributed by atoms with Gasteiger partial charge in [0.05, 0.1) is 0 Å². The summed E-state index contributed by atoms with van der Waals surface area (Å²) in [5.74, 6) is 1.05. The van der Waals surface area contributed by atoms with Gasteiger partial charge in [0.25, 0.3) is 5.91 Å². The van der Waals surface area contributed by atoms with Gasteiger partial charge in [-0.15, -0.1) is 11.8 Å². The molecule has 0 saturated carbocycles. The van der Waals surface area contributed by atoms with Gasteiger partial charge in [0.1, 0.15) is 0 Å². The highest BCUT2D eigenvalue weighted by Gasteiger charge is 2.21. The van der Waals surface area contributed by atoms with E-state index >= 15 is 0 Å². The van der Waals surface area contributed by atoms with Crippen LogP contribution in [0.1, 0.15) is 29.3 Å². The molecule has 2 amide bonds. The molecule has 0 bridgehead atoms. The van der Waals surface area contributed by atoms with Crippen LogP contribution in [0.4, 0.5) is 0 Å². The van der Waals surface area contributed by atoms with Crippen molar-refractivity contribution in [2.75, 3.05) is 26.2 Å². The minimum absolute atomic E-state index is 0.0509. The summed E-state index contributed by atoms with van der Waals surface area (Å²) in [6.45, 7) is 4.24. The lowest BCUT2D eigenvalue weighted by atomic mass is 10.2. The van der Waals surface area contributed by atoms with Crippen molar-refractivity contribution in [2.24, 2.45) is 0 Å². The van der Waals surface area contributed by atoms with Crippen LogP contribution in [0.5, 0.6) is 0 Å². The maximum atomic E-state index is 12.7. The molecular formula is C21H24N2O2S. The number of carbonyl (C=O) groups is 2. The second kappa shape index (κ2) is 8.90. The van der Waals surface area contributed by atoms with E-state index in [4.69, 9.17) is 0 Å². The molecule has 1 saturated heterocycles. The van der Waals surface area contributed by atoms with Crippen molar-refractivity contribution in [3.05, 3.63) is 65.7 Å². The topological polar surface area (TPSA) is 40.6 Å². The lowest BCUT2D eigenvalue weighted by Gasteiger charge is -2.21. The number of nitrogens with zero attached hydrogens (tertiary/aromatic N) is 2. The first-order chi connectivity index (χ1) is 12.6. The maximum Gasteiger partial charge on any atom is 0.253 e. The Morgan fingerprint density at radius 3 is 2.23 bits per heavy atom. The predicted octanol–water partition coefficient (Wildman–Crippen LogP) is 3.67. The number of thioether (sulfide) groups is 1. The fourth-order valence-electron chi connectivity index (χ4n) is 3.05. The van der Waals surface area contributed by atoms with Crippen LogP contribution in [0.2, 0.25) is 0 Å². The SMILES string of the molecule is CC(=O)N1CCCN(C(=O)c2ccc(SCc3ccccc3)cc2)CC1. The Labute approximate surface area is 159 Å². The third-order valence-electron chi connectivity index (χ3n) is 4.58. The molecule has 0 spiro atoms. The smallest absolute Gasteiger partial charge is 0.253 e. The maximum absolute atomic E-state index is 12.7. The standard InChI is InChI=1S/C21H24N2O2S/c1-17(24)22-12-5-13-23(15-14-22)21(25)19-8-10-20(11-9-19)26-16-18-6-3-2-4-7-18/h2-4,6-11H,5,12-16H2,1H3. The molecule has 1 heterocycles. The van der Waals surface area contributed by atoms with Gasteiger partial charge in [0.15, 0.2) is 0 Å². The second-order valence-electron chi connectivity index (χ2n) is 6.45. The molecule has 26 heavy (non-hydrogen) atoms. The lowest BCUT2D eigenvalue weighted by molar-refractivity contribution is -0.128. The zero-order chi connectivity index (χ0) is 18.4. The molecule has 0 aromatic heterocycles. The van der Waals surface area contributed by atoms with Gasteiger partial charge >= 0.3 is 0 Å². The predicted molar refractivity (Wildman–Crippen MR) is 105 cm³/mol. The van der Waals surface area contributed by atoms with Crippen LogP contribution in [-0.2, 0) is 10.5 Å². The molecule has 3 rings (SSSR count). The summed E-state index contributed by atoms with van der Waals surface area (Å²) in [5.41, 5.74) is 2.00. The average molecular weight is 369 g/mol. The number of hydrogen-bond donors (Lipinski definition) is 0. The van der Waals surface area contributed by atoms with Crippen molar-refractivity contribution >= 4 is 23.6 Å². The van der Waals surface area contributed by atoms with E-state index in [-0.39, 0.29) is 11.8 Å². The summed E-state index contributed by atoms with van der Waals surface area (Å²) in [6, 6.07) is 18.2. The van der Waals surface area contributed by atoms with E-state index in [1.165, 1.54) is 5.56 Å². The van der Waals surface area contributed by atoms with Gasteiger partial charge in [-0.3, -0.25) is 9.59 Å². The first-order valence-electron chi connectivity index (χ1n) is 8.95. The zero-order valence-corrected chi connectivity index (χ0v) is 15.9. The Hall–Kier alpha value is -2.27. The highest BCUT2D eigenvalue weighted by molar-refractivity contribution is 7.98. The van der Waals surface area contributed by atoms with Crippen molar-refractivity contribution in [2.45, 2.75) is 24.0 Å². The van der Waals surface area contributed by atoms with E-state index in [1.54, 1.807) is 18.7 Å². The van der Waals surface area contributed by atoms with E-state index in [0.29, 0.717) is 25.2 Å². The summed E-state index contributed by atoms with van der Waals surface area (Å²) in [4.78, 5) is 29.1. The van der Waals surface area contributed by atoms with Crippen molar-refractivity contribution in [1.29, 1.82) is 0 Å². The Morgan fingerprint density at radius 1 is 0.885 bits per heavy atom. The summed E-state index contributed by atoms with van der Waals surface area (Å²) >= 11 is 1.77. The molecule has 4 nitrogen and oxygen atoms in total. The first kappa shape index (κ1) is 18.5. The summed E-state index contributed by atoms with van der Waals surface area (Å²) in [6.07, 6.45) is 0.830. The zero-order valence-electron chi connectivity index (χ0n) is 15.1. The molecule has 0 atom stereocenters. The molecule has 1 aliphatic heterocycles. The number of carbonyl (C=O) groups excluding carboxylic acids is 2. The normalized spacial score (nSPS) is 14.8. The fourth-order valence-corrected chi connectivity index (χ4v) is 3.91. The van der Waals surface area contributed by atoms with Gasteiger partial charge in [-0.1, -0.05) is 30.3 Å². The van der Waals surface area contributed by atoms with Crippen molar-refractivity contribution in [3.8, 4) is 0 Å².